The summed E-state index contributed by atoms with van der Waals surface area (Å²) < 4.78 is 1.51. The first-order valence-electron chi connectivity index (χ1n) is 6.74. The largest absolute Gasteiger partial charge is 0.349 e. The van der Waals surface area contributed by atoms with Crippen molar-refractivity contribution in [2.24, 2.45) is 0 Å². The fraction of sp³-hybridized carbons (Fsp3) is 0.500. The van der Waals surface area contributed by atoms with Crippen LogP contribution in [0.3, 0.4) is 0 Å². The van der Waals surface area contributed by atoms with Crippen LogP contribution in [-0.2, 0) is 0 Å². The summed E-state index contributed by atoms with van der Waals surface area (Å²) >= 11 is 1.46. The van der Waals surface area contributed by atoms with Crippen LogP contribution in [0.15, 0.2) is 11.0 Å². The maximum Gasteiger partial charge on any atom is 0.271 e. The second-order valence-electron chi connectivity index (χ2n) is 5.00. The lowest BCUT2D eigenvalue weighted by molar-refractivity contribution is 0.0936. The van der Waals surface area contributed by atoms with Crippen molar-refractivity contribution in [1.29, 1.82) is 0 Å². The molecule has 1 atom stereocenters. The van der Waals surface area contributed by atoms with Crippen molar-refractivity contribution in [3.05, 3.63) is 32.7 Å². The molecule has 2 heterocycles. The number of carbonyl (C=O) groups excluding carboxylic acids is 1. The number of carbonyl (C=O) groups is 1. The summed E-state index contributed by atoms with van der Waals surface area (Å²) in [5, 5.41) is 2.84. The van der Waals surface area contributed by atoms with Crippen LogP contribution in [0.1, 0.15) is 47.6 Å². The van der Waals surface area contributed by atoms with Gasteiger partial charge in [-0.1, -0.05) is 13.3 Å². The first-order chi connectivity index (χ1) is 9.45. The minimum atomic E-state index is -0.346. The summed E-state index contributed by atoms with van der Waals surface area (Å²) in [6.07, 6.45) is 3.25. The van der Waals surface area contributed by atoms with Crippen molar-refractivity contribution in [3.8, 4) is 0 Å². The smallest absolute Gasteiger partial charge is 0.271 e. The van der Waals surface area contributed by atoms with Crippen molar-refractivity contribution in [1.82, 2.24) is 14.7 Å². The molecule has 0 spiro atoms. The quantitative estimate of drug-likeness (QED) is 0.940. The molecule has 2 aromatic rings. The number of rotatable bonds is 4. The second kappa shape index (κ2) is 5.75. The number of amides is 1. The van der Waals surface area contributed by atoms with E-state index in [0.717, 1.165) is 23.4 Å². The predicted molar refractivity (Wildman–Crippen MR) is 80.6 cm³/mol. The van der Waals surface area contributed by atoms with Crippen LogP contribution in [-0.4, -0.2) is 21.3 Å². The van der Waals surface area contributed by atoms with Gasteiger partial charge < -0.3 is 5.32 Å². The first-order valence-corrected chi connectivity index (χ1v) is 7.56. The molecule has 0 saturated carbocycles. The van der Waals surface area contributed by atoms with Gasteiger partial charge in [0.1, 0.15) is 5.56 Å². The Morgan fingerprint density at radius 1 is 1.50 bits per heavy atom. The molecule has 0 aliphatic carbocycles. The van der Waals surface area contributed by atoms with E-state index in [4.69, 9.17) is 0 Å². The number of thiazole rings is 1. The third kappa shape index (κ3) is 2.60. The fourth-order valence-electron chi connectivity index (χ4n) is 2.14. The van der Waals surface area contributed by atoms with E-state index in [1.165, 1.54) is 21.9 Å². The van der Waals surface area contributed by atoms with E-state index >= 15 is 0 Å². The third-order valence-electron chi connectivity index (χ3n) is 3.36. The minimum absolute atomic E-state index is 0.0536. The van der Waals surface area contributed by atoms with Crippen LogP contribution < -0.4 is 10.9 Å². The van der Waals surface area contributed by atoms with Gasteiger partial charge in [0.2, 0.25) is 0 Å². The average molecular weight is 293 g/mol. The van der Waals surface area contributed by atoms with Gasteiger partial charge in [-0.2, -0.15) is 0 Å². The molecule has 1 amide bonds. The Labute approximate surface area is 121 Å². The Kier molecular flexibility index (Phi) is 4.23. The van der Waals surface area contributed by atoms with E-state index < -0.39 is 0 Å². The highest BCUT2D eigenvalue weighted by molar-refractivity contribution is 7.17. The van der Waals surface area contributed by atoms with Crippen LogP contribution >= 0.6 is 11.3 Å². The van der Waals surface area contributed by atoms with Gasteiger partial charge in [0.15, 0.2) is 4.96 Å². The molecular weight excluding hydrogens is 274 g/mol. The van der Waals surface area contributed by atoms with E-state index in [9.17, 15) is 9.59 Å². The zero-order valence-electron chi connectivity index (χ0n) is 12.2. The summed E-state index contributed by atoms with van der Waals surface area (Å²) in [4.78, 5) is 30.4. The van der Waals surface area contributed by atoms with Gasteiger partial charge >= 0.3 is 0 Å². The normalized spacial score (nSPS) is 12.6. The first kappa shape index (κ1) is 14.7. The van der Waals surface area contributed by atoms with E-state index in [0.29, 0.717) is 4.96 Å². The summed E-state index contributed by atoms with van der Waals surface area (Å²) in [5.41, 5.74) is 0.656. The van der Waals surface area contributed by atoms with Crippen LogP contribution in [0.2, 0.25) is 0 Å². The SMILES string of the molecule is CCC[C@H](C)NC(=O)c1cnc2sc(C)c(C)n2c1=O. The summed E-state index contributed by atoms with van der Waals surface area (Å²) in [6.45, 7) is 7.80. The van der Waals surface area contributed by atoms with Crippen molar-refractivity contribution < 1.29 is 4.79 Å². The Hall–Kier alpha value is -1.69. The molecular formula is C14H19N3O2S. The minimum Gasteiger partial charge on any atom is -0.349 e. The van der Waals surface area contributed by atoms with Crippen molar-refractivity contribution in [2.45, 2.75) is 46.6 Å². The standard InChI is InChI=1S/C14H19N3O2S/c1-5-6-8(2)16-12(18)11-7-15-14-17(13(11)19)9(3)10(4)20-14/h7-8H,5-6H2,1-4H3,(H,16,18)/t8-/m0/s1. The monoisotopic (exact) mass is 293 g/mol. The molecule has 20 heavy (non-hydrogen) atoms. The third-order valence-corrected chi connectivity index (χ3v) is 4.43. The molecule has 0 saturated heterocycles. The molecule has 6 heteroatoms. The number of hydrogen-bond acceptors (Lipinski definition) is 4. The molecule has 0 unspecified atom stereocenters. The lowest BCUT2D eigenvalue weighted by atomic mass is 10.2. The van der Waals surface area contributed by atoms with E-state index in [2.05, 4.69) is 17.2 Å². The Morgan fingerprint density at radius 3 is 2.85 bits per heavy atom. The number of nitrogens with zero attached hydrogens (tertiary/aromatic N) is 2. The van der Waals surface area contributed by atoms with Crippen molar-refractivity contribution >= 4 is 22.2 Å². The lowest BCUT2D eigenvalue weighted by Gasteiger charge is -2.12. The highest BCUT2D eigenvalue weighted by atomic mass is 32.1. The number of nitrogens with one attached hydrogen (secondary N) is 1. The molecule has 2 aromatic heterocycles. The number of fused-ring (bicyclic) bond motifs is 1. The van der Waals surface area contributed by atoms with Crippen LogP contribution in [0.25, 0.3) is 4.96 Å². The van der Waals surface area contributed by atoms with Gasteiger partial charge in [-0.05, 0) is 27.2 Å². The predicted octanol–water partition coefficient (Wildman–Crippen LogP) is 2.29. The second-order valence-corrected chi connectivity index (χ2v) is 6.18. The lowest BCUT2D eigenvalue weighted by Crippen LogP contribution is -2.36. The molecule has 0 aliphatic heterocycles. The Bertz CT molecular complexity index is 702. The van der Waals surface area contributed by atoms with E-state index in [-0.39, 0.29) is 23.1 Å². The number of aromatic nitrogens is 2. The topological polar surface area (TPSA) is 63.5 Å². The van der Waals surface area contributed by atoms with Crippen LogP contribution in [0.5, 0.6) is 0 Å². The maximum absolute atomic E-state index is 12.4. The van der Waals surface area contributed by atoms with E-state index in [1.807, 2.05) is 20.8 Å². The number of hydrogen-bond donors (Lipinski definition) is 1. The summed E-state index contributed by atoms with van der Waals surface area (Å²) in [5.74, 6) is -0.346. The molecule has 108 valence electrons. The molecule has 0 bridgehead atoms. The van der Waals surface area contributed by atoms with Crippen molar-refractivity contribution in [2.75, 3.05) is 0 Å². The van der Waals surface area contributed by atoms with Gasteiger partial charge in [-0.25, -0.2) is 4.98 Å². The van der Waals surface area contributed by atoms with Gasteiger partial charge in [0, 0.05) is 22.8 Å². The van der Waals surface area contributed by atoms with E-state index in [1.54, 1.807) is 0 Å². The zero-order chi connectivity index (χ0) is 14.9. The van der Waals surface area contributed by atoms with Crippen LogP contribution in [0.4, 0.5) is 0 Å². The van der Waals surface area contributed by atoms with Crippen molar-refractivity contribution in [3.63, 3.8) is 0 Å². The molecule has 2 rings (SSSR count). The maximum atomic E-state index is 12.4. The van der Waals surface area contributed by atoms with Gasteiger partial charge in [0.05, 0.1) is 0 Å². The summed E-state index contributed by atoms with van der Waals surface area (Å²) in [6, 6.07) is 0.0536. The highest BCUT2D eigenvalue weighted by Crippen LogP contribution is 2.18. The molecule has 0 aliphatic rings. The molecule has 0 radical (unpaired) electrons. The molecule has 5 nitrogen and oxygen atoms in total. The molecule has 0 aromatic carbocycles. The molecule has 0 fully saturated rings. The summed E-state index contributed by atoms with van der Waals surface area (Å²) in [7, 11) is 0. The number of aryl methyl sites for hydroxylation is 2. The highest BCUT2D eigenvalue weighted by Gasteiger charge is 2.17. The zero-order valence-corrected chi connectivity index (χ0v) is 13.0. The van der Waals surface area contributed by atoms with Gasteiger partial charge in [0.25, 0.3) is 11.5 Å². The average Bonchev–Trinajstić information content (AvgIpc) is 2.66. The molecule has 1 N–H and O–H groups in total. The Balaban J connectivity index is 2.40. The van der Waals surface area contributed by atoms with Gasteiger partial charge in [-0.15, -0.1) is 11.3 Å². The fourth-order valence-corrected chi connectivity index (χ4v) is 3.07. The van der Waals surface area contributed by atoms with Gasteiger partial charge in [-0.3, -0.25) is 14.0 Å². The van der Waals surface area contributed by atoms with Crippen LogP contribution in [0, 0.1) is 13.8 Å². The Morgan fingerprint density at radius 2 is 2.20 bits per heavy atom.